The number of esters is 1. The first-order valence-corrected chi connectivity index (χ1v) is 7.21. The Labute approximate surface area is 166 Å². The summed E-state index contributed by atoms with van der Waals surface area (Å²) in [5, 5.41) is 0. The largest absolute Gasteiger partial charge is 0.471 e. The first kappa shape index (κ1) is 36.4. The molecule has 2 nitrogen and oxygen atoms in total. The number of hydrogen-bond donors (Lipinski definition) is 0. The van der Waals surface area contributed by atoms with E-state index in [1.807, 2.05) is 0 Å². The third-order valence-electron chi connectivity index (χ3n) is 3.35. The Morgan fingerprint density at radius 1 is 0.833 bits per heavy atom. The third-order valence-corrected chi connectivity index (χ3v) is 3.35. The number of carbonyl (C=O) groups is 1. The van der Waals surface area contributed by atoms with Crippen molar-refractivity contribution in [3.05, 3.63) is 0 Å². The first-order valence-electron chi connectivity index (χ1n) is 6.84. The molecule has 186 valence electrons. The molecular weight excluding hydrogens is 478 g/mol. The van der Waals surface area contributed by atoms with Crippen LogP contribution in [0, 0.1) is 5.92 Å². The molecule has 0 aliphatic carbocycles. The molecule has 0 aliphatic heterocycles. The number of ether oxygens (including phenoxy) is 1. The lowest BCUT2D eigenvalue weighted by atomic mass is 9.94. The topological polar surface area (TPSA) is 26.3 Å². The molecule has 0 saturated heterocycles. The number of alkyl halides is 12. The Hall–Kier alpha value is -1.01. The molecular formula is C14H21F13O2P-. The summed E-state index contributed by atoms with van der Waals surface area (Å²) in [4.78, 5) is 11.1. The molecule has 0 N–H and O–H groups in total. The van der Waals surface area contributed by atoms with Gasteiger partial charge in [0, 0.05) is 0 Å². The standard InChI is InChI=1S/C12H12F12O2.2CH4.FHP/c1-3-5(2)6(25)26-4-8(15,16)10(19,20)12(23,24)11(21,22)9(17,18)7(13)14;;;1-2/h5,7H,3-4H2,1-2H3;2*1H4;2H/q;;;-1. The van der Waals surface area contributed by atoms with Crippen molar-refractivity contribution < 1.29 is 66.4 Å². The van der Waals surface area contributed by atoms with Gasteiger partial charge < -0.3 is 18.5 Å². The van der Waals surface area contributed by atoms with Crippen LogP contribution in [0.15, 0.2) is 0 Å². The van der Waals surface area contributed by atoms with Crippen LogP contribution in [-0.4, -0.2) is 48.6 Å². The van der Waals surface area contributed by atoms with Gasteiger partial charge in [-0.1, -0.05) is 28.7 Å². The van der Waals surface area contributed by atoms with Crippen LogP contribution in [0.2, 0.25) is 0 Å². The minimum Gasteiger partial charge on any atom is -0.471 e. The van der Waals surface area contributed by atoms with Crippen molar-refractivity contribution in [3.8, 4) is 0 Å². The maximum atomic E-state index is 13.3. The minimum absolute atomic E-state index is 0. The van der Waals surface area contributed by atoms with Gasteiger partial charge in [-0.3, -0.25) is 4.79 Å². The SMILES string of the molecule is C.C.CCC(C)C(=O)OCC(F)(F)C(F)(F)C(F)(F)C(F)(F)C(F)(F)C(F)F.F[PH-]. The van der Waals surface area contributed by atoms with Crippen molar-refractivity contribution in [1.82, 2.24) is 0 Å². The number of halogens is 13. The van der Waals surface area contributed by atoms with Crippen molar-refractivity contribution in [2.24, 2.45) is 5.92 Å². The highest BCUT2D eigenvalue weighted by Gasteiger charge is 2.87. The van der Waals surface area contributed by atoms with Crippen LogP contribution < -0.4 is 0 Å². The van der Waals surface area contributed by atoms with Crippen molar-refractivity contribution in [3.63, 3.8) is 0 Å². The molecule has 1 unspecified atom stereocenters. The maximum absolute atomic E-state index is 13.3. The smallest absolute Gasteiger partial charge is 0.384 e. The van der Waals surface area contributed by atoms with E-state index in [1.54, 1.807) is 0 Å². The fourth-order valence-corrected chi connectivity index (χ4v) is 1.33. The fourth-order valence-electron chi connectivity index (χ4n) is 1.33. The first-order chi connectivity index (χ1) is 12.3. The van der Waals surface area contributed by atoms with E-state index in [1.165, 1.54) is 16.5 Å². The van der Waals surface area contributed by atoms with Gasteiger partial charge in [-0.2, -0.15) is 43.9 Å². The van der Waals surface area contributed by atoms with Crippen molar-refractivity contribution >= 4 is 15.5 Å². The zero-order chi connectivity index (χ0) is 23.4. The van der Waals surface area contributed by atoms with E-state index >= 15 is 0 Å². The Morgan fingerprint density at radius 2 is 1.20 bits per heavy atom. The summed E-state index contributed by atoms with van der Waals surface area (Å²) in [5.41, 5.74) is 0. The monoisotopic (exact) mass is 499 g/mol. The van der Waals surface area contributed by atoms with Gasteiger partial charge in [-0.25, -0.2) is 8.78 Å². The van der Waals surface area contributed by atoms with Crippen LogP contribution in [0.5, 0.6) is 0 Å². The minimum atomic E-state index is -7.62. The highest BCUT2D eigenvalue weighted by atomic mass is 31.1. The van der Waals surface area contributed by atoms with Gasteiger partial charge in [-0.15, -0.1) is 0 Å². The molecule has 0 aromatic heterocycles. The molecule has 0 aromatic carbocycles. The number of hydrogen-bond acceptors (Lipinski definition) is 2. The molecule has 0 heterocycles. The summed E-state index contributed by atoms with van der Waals surface area (Å²) in [6.45, 7) is -0.487. The second-order valence-corrected chi connectivity index (χ2v) is 5.27. The number of carbonyl (C=O) groups excluding carboxylic acids is 1. The molecule has 0 amide bonds. The average molecular weight is 499 g/mol. The fraction of sp³-hybridized carbons (Fsp3) is 0.929. The summed E-state index contributed by atoms with van der Waals surface area (Å²) < 4.78 is 167. The maximum Gasteiger partial charge on any atom is 0.384 e. The van der Waals surface area contributed by atoms with E-state index in [4.69, 9.17) is 0 Å². The lowest BCUT2D eigenvalue weighted by molar-refractivity contribution is -0.414. The summed E-state index contributed by atoms with van der Waals surface area (Å²) in [7, 11) is 1.47. The molecule has 0 saturated carbocycles. The van der Waals surface area contributed by atoms with Gasteiger partial charge in [0.1, 0.15) is 0 Å². The van der Waals surface area contributed by atoms with E-state index < -0.39 is 54.5 Å². The molecule has 0 rings (SSSR count). The zero-order valence-electron chi connectivity index (χ0n) is 13.8. The lowest BCUT2D eigenvalue weighted by Gasteiger charge is -2.38. The Bertz CT molecular complexity index is 512. The van der Waals surface area contributed by atoms with E-state index in [0.29, 0.717) is 0 Å². The Balaban J connectivity index is -0.000000817. The predicted octanol–water partition coefficient (Wildman–Crippen LogP) is 7.30. The lowest BCUT2D eigenvalue weighted by Crippen LogP contribution is -2.69. The highest BCUT2D eigenvalue weighted by Crippen LogP contribution is 2.58. The Kier molecular flexibility index (Phi) is 14.7. The molecule has 0 aliphatic rings. The molecule has 0 spiro atoms. The van der Waals surface area contributed by atoms with Gasteiger partial charge in [0.05, 0.1) is 5.92 Å². The predicted molar refractivity (Wildman–Crippen MR) is 84.0 cm³/mol. The van der Waals surface area contributed by atoms with Crippen LogP contribution in [0.4, 0.5) is 56.9 Å². The zero-order valence-corrected chi connectivity index (χ0v) is 14.8. The summed E-state index contributed by atoms with van der Waals surface area (Å²) in [5.74, 6) is -38.5. The van der Waals surface area contributed by atoms with Gasteiger partial charge in [0.15, 0.2) is 6.61 Å². The van der Waals surface area contributed by atoms with Gasteiger partial charge in [0.2, 0.25) is 0 Å². The highest BCUT2D eigenvalue weighted by molar-refractivity contribution is 7.09. The van der Waals surface area contributed by atoms with Gasteiger partial charge in [-0.05, 0) is 6.42 Å². The number of rotatable bonds is 9. The molecule has 0 radical (unpaired) electrons. The molecule has 0 aromatic rings. The van der Waals surface area contributed by atoms with Crippen LogP contribution in [0.1, 0.15) is 35.1 Å². The van der Waals surface area contributed by atoms with Crippen LogP contribution >= 0.6 is 9.55 Å². The van der Waals surface area contributed by atoms with Crippen molar-refractivity contribution in [2.75, 3.05) is 6.61 Å². The van der Waals surface area contributed by atoms with Crippen molar-refractivity contribution in [1.29, 1.82) is 0 Å². The van der Waals surface area contributed by atoms with Crippen LogP contribution in [0.25, 0.3) is 0 Å². The average Bonchev–Trinajstić information content (AvgIpc) is 2.59. The second kappa shape index (κ2) is 12.1. The quantitative estimate of drug-likeness (QED) is 0.189. The molecule has 1 atom stereocenters. The van der Waals surface area contributed by atoms with Crippen LogP contribution in [-0.2, 0) is 9.53 Å². The normalized spacial score (nSPS) is 14.0. The molecule has 16 heteroatoms. The van der Waals surface area contributed by atoms with E-state index in [0.717, 1.165) is 6.92 Å². The summed E-state index contributed by atoms with van der Waals surface area (Å²) >= 11 is 0. The summed E-state index contributed by atoms with van der Waals surface area (Å²) in [6.07, 6.45) is -5.62. The van der Waals surface area contributed by atoms with Gasteiger partial charge >= 0.3 is 42.0 Å². The molecule has 0 bridgehead atoms. The molecule has 30 heavy (non-hydrogen) atoms. The Morgan fingerprint density at radius 3 is 1.50 bits per heavy atom. The van der Waals surface area contributed by atoms with E-state index in [2.05, 4.69) is 4.74 Å². The van der Waals surface area contributed by atoms with Crippen molar-refractivity contribution in [2.45, 2.75) is 71.2 Å². The summed E-state index contributed by atoms with van der Waals surface area (Å²) in [6, 6.07) is 0. The van der Waals surface area contributed by atoms with E-state index in [9.17, 15) is 61.7 Å². The molecule has 0 fully saturated rings. The second-order valence-electron chi connectivity index (χ2n) is 5.27. The third kappa shape index (κ3) is 6.49. The van der Waals surface area contributed by atoms with Gasteiger partial charge in [0.25, 0.3) is 0 Å². The van der Waals surface area contributed by atoms with Crippen LogP contribution in [0.3, 0.4) is 0 Å². The van der Waals surface area contributed by atoms with E-state index in [-0.39, 0.29) is 21.3 Å².